The fraction of sp³-hybridized carbons (Fsp3) is 0.350. The van der Waals surface area contributed by atoms with Gasteiger partial charge in [0, 0.05) is 10.9 Å². The first-order chi connectivity index (χ1) is 12.5. The van der Waals surface area contributed by atoms with Crippen LogP contribution in [0.25, 0.3) is 21.3 Å². The predicted molar refractivity (Wildman–Crippen MR) is 105 cm³/mol. The van der Waals surface area contributed by atoms with Gasteiger partial charge in [-0.1, -0.05) is 45.0 Å². The lowest BCUT2D eigenvalue weighted by Gasteiger charge is -2.15. The van der Waals surface area contributed by atoms with Crippen molar-refractivity contribution in [1.82, 2.24) is 9.55 Å². The van der Waals surface area contributed by atoms with Gasteiger partial charge in [0.05, 0.1) is 18.8 Å². The van der Waals surface area contributed by atoms with Crippen molar-refractivity contribution in [3.8, 4) is 11.1 Å². The summed E-state index contributed by atoms with van der Waals surface area (Å²) in [7, 11) is 1.33. The van der Waals surface area contributed by atoms with Crippen LogP contribution in [-0.4, -0.2) is 22.6 Å². The molecule has 0 radical (unpaired) electrons. The number of benzene rings is 1. The van der Waals surface area contributed by atoms with Crippen LogP contribution in [0.15, 0.2) is 40.8 Å². The van der Waals surface area contributed by atoms with E-state index in [-0.39, 0.29) is 5.56 Å². The Hall–Kier alpha value is -2.47. The van der Waals surface area contributed by atoms with E-state index in [1.165, 1.54) is 34.9 Å². The molecule has 2 heterocycles. The Labute approximate surface area is 156 Å². The van der Waals surface area contributed by atoms with E-state index >= 15 is 0 Å². The normalized spacial score (nSPS) is 12.5. The second-order valence-electron chi connectivity index (χ2n) is 6.51. The summed E-state index contributed by atoms with van der Waals surface area (Å²) in [5, 5.41) is 2.50. The van der Waals surface area contributed by atoms with Crippen LogP contribution >= 0.6 is 11.3 Å². The molecule has 0 bridgehead atoms. The molecule has 0 N–H and O–H groups in total. The molecule has 0 fully saturated rings. The highest BCUT2D eigenvalue weighted by Gasteiger charge is 2.23. The van der Waals surface area contributed by atoms with Gasteiger partial charge in [-0.25, -0.2) is 9.78 Å². The van der Waals surface area contributed by atoms with Gasteiger partial charge in [-0.2, -0.15) is 0 Å². The smallest absolute Gasteiger partial charge is 0.329 e. The van der Waals surface area contributed by atoms with Crippen molar-refractivity contribution in [2.45, 2.75) is 39.2 Å². The van der Waals surface area contributed by atoms with Crippen molar-refractivity contribution in [3.05, 3.63) is 51.9 Å². The molecule has 6 heteroatoms. The number of aromatic nitrogens is 2. The number of carbonyl (C=O) groups excluding carboxylic acids is 1. The molecule has 1 atom stereocenters. The molecule has 0 aliphatic rings. The third kappa shape index (κ3) is 3.17. The van der Waals surface area contributed by atoms with Crippen molar-refractivity contribution in [2.75, 3.05) is 7.11 Å². The van der Waals surface area contributed by atoms with Gasteiger partial charge in [0.15, 0.2) is 0 Å². The lowest BCUT2D eigenvalue weighted by Crippen LogP contribution is -2.30. The number of ether oxygens (including phenoxy) is 1. The molecule has 136 valence electrons. The number of thiophene rings is 1. The van der Waals surface area contributed by atoms with E-state index in [1.807, 2.05) is 24.4 Å². The molecular formula is C20H22N2O3S. The SMILES string of the molecule is CCC(C(=O)OC)n1cnc2scc(-c3ccc(C(C)C)cc3)c2c1=O. The van der Waals surface area contributed by atoms with Crippen molar-refractivity contribution in [2.24, 2.45) is 0 Å². The standard InChI is InChI=1S/C20H22N2O3S/c1-5-16(20(24)25-4)22-11-21-18-17(19(22)23)15(10-26-18)14-8-6-13(7-9-14)12(2)3/h6-12,16H,5H2,1-4H3. The van der Waals surface area contributed by atoms with Gasteiger partial charge in [0.1, 0.15) is 10.9 Å². The molecule has 0 amide bonds. The Morgan fingerprint density at radius 1 is 1.27 bits per heavy atom. The number of esters is 1. The summed E-state index contributed by atoms with van der Waals surface area (Å²) in [6.45, 7) is 6.14. The third-order valence-electron chi connectivity index (χ3n) is 4.60. The van der Waals surface area contributed by atoms with Gasteiger partial charge in [-0.15, -0.1) is 11.3 Å². The quantitative estimate of drug-likeness (QED) is 0.626. The van der Waals surface area contributed by atoms with Crippen LogP contribution < -0.4 is 5.56 Å². The van der Waals surface area contributed by atoms with Gasteiger partial charge >= 0.3 is 5.97 Å². The van der Waals surface area contributed by atoms with Crippen molar-refractivity contribution in [3.63, 3.8) is 0 Å². The Morgan fingerprint density at radius 3 is 2.54 bits per heavy atom. The van der Waals surface area contributed by atoms with Gasteiger partial charge in [0.25, 0.3) is 5.56 Å². The van der Waals surface area contributed by atoms with Gasteiger partial charge in [-0.05, 0) is 23.5 Å². The number of fused-ring (bicyclic) bond motifs is 1. The number of methoxy groups -OCH3 is 1. The fourth-order valence-electron chi connectivity index (χ4n) is 3.04. The maximum atomic E-state index is 13.1. The summed E-state index contributed by atoms with van der Waals surface area (Å²) in [5.74, 6) is 0.0151. The first-order valence-electron chi connectivity index (χ1n) is 8.64. The Balaban J connectivity index is 2.15. The lowest BCUT2D eigenvalue weighted by atomic mass is 9.99. The minimum atomic E-state index is -0.666. The fourth-order valence-corrected chi connectivity index (χ4v) is 3.95. The summed E-state index contributed by atoms with van der Waals surface area (Å²) in [6.07, 6.45) is 1.90. The molecule has 0 aliphatic heterocycles. The van der Waals surface area contributed by atoms with E-state index in [4.69, 9.17) is 4.74 Å². The molecule has 3 aromatic rings. The van der Waals surface area contributed by atoms with Gasteiger partial charge in [-0.3, -0.25) is 9.36 Å². The van der Waals surface area contributed by atoms with E-state index < -0.39 is 12.0 Å². The number of nitrogens with zero attached hydrogens (tertiary/aromatic N) is 2. The van der Waals surface area contributed by atoms with Crippen LogP contribution in [-0.2, 0) is 9.53 Å². The maximum Gasteiger partial charge on any atom is 0.329 e. The second-order valence-corrected chi connectivity index (χ2v) is 7.37. The first-order valence-corrected chi connectivity index (χ1v) is 9.52. The maximum absolute atomic E-state index is 13.1. The summed E-state index contributed by atoms with van der Waals surface area (Å²) in [6, 6.07) is 7.57. The number of hydrogen-bond acceptors (Lipinski definition) is 5. The molecule has 2 aromatic heterocycles. The zero-order valence-corrected chi connectivity index (χ0v) is 16.2. The highest BCUT2D eigenvalue weighted by molar-refractivity contribution is 7.17. The average molecular weight is 370 g/mol. The van der Waals surface area contributed by atoms with E-state index in [9.17, 15) is 9.59 Å². The average Bonchev–Trinajstić information content (AvgIpc) is 3.08. The van der Waals surface area contributed by atoms with Crippen molar-refractivity contribution >= 4 is 27.5 Å². The molecule has 1 unspecified atom stereocenters. The van der Waals surface area contributed by atoms with Crippen LogP contribution in [0.4, 0.5) is 0 Å². The molecule has 0 saturated heterocycles. The Morgan fingerprint density at radius 2 is 1.96 bits per heavy atom. The topological polar surface area (TPSA) is 61.2 Å². The molecule has 3 rings (SSSR count). The zero-order valence-electron chi connectivity index (χ0n) is 15.4. The molecule has 0 spiro atoms. The predicted octanol–water partition coefficient (Wildman–Crippen LogP) is 4.37. The number of rotatable bonds is 5. The van der Waals surface area contributed by atoms with E-state index in [1.54, 1.807) is 0 Å². The van der Waals surface area contributed by atoms with Crippen molar-refractivity contribution < 1.29 is 9.53 Å². The molecule has 26 heavy (non-hydrogen) atoms. The summed E-state index contributed by atoms with van der Waals surface area (Å²) >= 11 is 1.43. The second kappa shape index (κ2) is 7.41. The van der Waals surface area contributed by atoms with Crippen LogP contribution in [0, 0.1) is 0 Å². The molecule has 5 nitrogen and oxygen atoms in total. The first kappa shape index (κ1) is 18.3. The van der Waals surface area contributed by atoms with Crippen LogP contribution in [0.3, 0.4) is 0 Å². The van der Waals surface area contributed by atoms with Crippen LogP contribution in [0.2, 0.25) is 0 Å². The summed E-state index contributed by atoms with van der Waals surface area (Å²) < 4.78 is 6.21. The zero-order chi connectivity index (χ0) is 18.8. The van der Waals surface area contributed by atoms with Gasteiger partial charge < -0.3 is 4.74 Å². The minimum Gasteiger partial charge on any atom is -0.467 e. The number of carbonyl (C=O) groups is 1. The summed E-state index contributed by atoms with van der Waals surface area (Å²) in [4.78, 5) is 30.2. The Bertz CT molecular complexity index is 986. The molecule has 1 aromatic carbocycles. The number of hydrogen-bond donors (Lipinski definition) is 0. The van der Waals surface area contributed by atoms with E-state index in [0.717, 1.165) is 11.1 Å². The highest BCUT2D eigenvalue weighted by atomic mass is 32.1. The van der Waals surface area contributed by atoms with Crippen molar-refractivity contribution in [1.29, 1.82) is 0 Å². The molecule has 0 saturated carbocycles. The highest BCUT2D eigenvalue weighted by Crippen LogP contribution is 2.32. The Kier molecular flexibility index (Phi) is 5.23. The summed E-state index contributed by atoms with van der Waals surface area (Å²) in [5.41, 5.74) is 2.87. The van der Waals surface area contributed by atoms with Crippen LogP contribution in [0.1, 0.15) is 44.7 Å². The molecular weight excluding hydrogens is 348 g/mol. The monoisotopic (exact) mass is 370 g/mol. The molecule has 0 aliphatic carbocycles. The third-order valence-corrected chi connectivity index (χ3v) is 5.49. The minimum absolute atomic E-state index is 0.212. The lowest BCUT2D eigenvalue weighted by molar-refractivity contribution is -0.144. The van der Waals surface area contributed by atoms with E-state index in [0.29, 0.717) is 22.6 Å². The largest absolute Gasteiger partial charge is 0.467 e. The van der Waals surface area contributed by atoms with Crippen LogP contribution in [0.5, 0.6) is 0 Å². The van der Waals surface area contributed by atoms with E-state index in [2.05, 4.69) is 31.0 Å². The van der Waals surface area contributed by atoms with Gasteiger partial charge in [0.2, 0.25) is 0 Å².